The van der Waals surface area contributed by atoms with Crippen LogP contribution in [0.3, 0.4) is 0 Å². The van der Waals surface area contributed by atoms with Gasteiger partial charge in [-0.25, -0.2) is 14.3 Å². The number of benzene rings is 1. The number of hydrogen-bond donors (Lipinski definition) is 1. The van der Waals surface area contributed by atoms with E-state index in [1.54, 1.807) is 18.2 Å². The lowest BCUT2D eigenvalue weighted by Gasteiger charge is -2.26. The molecule has 2 saturated carbocycles. The Morgan fingerprint density at radius 1 is 1.11 bits per heavy atom. The van der Waals surface area contributed by atoms with Gasteiger partial charge in [-0.3, -0.25) is 14.4 Å². The van der Waals surface area contributed by atoms with Gasteiger partial charge in [-0.05, 0) is 43.2 Å². The maximum atomic E-state index is 13.5. The first-order chi connectivity index (χ1) is 16.9. The zero-order chi connectivity index (χ0) is 24.5. The van der Waals surface area contributed by atoms with E-state index in [-0.39, 0.29) is 23.9 Å². The van der Waals surface area contributed by atoms with Crippen molar-refractivity contribution in [2.24, 2.45) is 11.8 Å². The van der Waals surface area contributed by atoms with Gasteiger partial charge in [-0.2, -0.15) is 0 Å². The molecule has 2 aliphatic carbocycles. The number of halogens is 1. The van der Waals surface area contributed by atoms with Crippen LogP contribution in [0.5, 0.6) is 0 Å². The van der Waals surface area contributed by atoms with Gasteiger partial charge in [0.1, 0.15) is 15.4 Å². The highest BCUT2D eigenvalue weighted by Crippen LogP contribution is 2.34. The standard InChI is InChI=1S/C26H28ClN3O4S/c27-23-14-28-24(35-23)13-22(32)20(10-15-4-2-1-3-5-15)30-25(33)18-9-8-17(12-19(18)29-26(30)34)21(31)11-16-6-7-16/h8-9,12,14-16,20H,1-7,10-11,13H2,(H,29,34). The van der Waals surface area contributed by atoms with Crippen LogP contribution in [0.4, 0.5) is 0 Å². The highest BCUT2D eigenvalue weighted by Gasteiger charge is 2.30. The van der Waals surface area contributed by atoms with E-state index in [4.69, 9.17) is 11.6 Å². The maximum Gasteiger partial charge on any atom is 0.329 e. The summed E-state index contributed by atoms with van der Waals surface area (Å²) in [4.78, 5) is 59.7. The minimum absolute atomic E-state index is 0.0203. The second kappa shape index (κ2) is 10.2. The highest BCUT2D eigenvalue weighted by molar-refractivity contribution is 7.15. The smallest absolute Gasteiger partial charge is 0.307 e. The summed E-state index contributed by atoms with van der Waals surface area (Å²) >= 11 is 7.22. The minimum Gasteiger partial charge on any atom is -0.307 e. The van der Waals surface area contributed by atoms with Crippen molar-refractivity contribution in [3.8, 4) is 0 Å². The van der Waals surface area contributed by atoms with Crippen molar-refractivity contribution in [1.29, 1.82) is 0 Å². The third kappa shape index (κ3) is 5.48. The zero-order valence-electron chi connectivity index (χ0n) is 19.4. The van der Waals surface area contributed by atoms with Crippen LogP contribution in [0.1, 0.15) is 79.2 Å². The van der Waals surface area contributed by atoms with Gasteiger partial charge in [0.25, 0.3) is 5.56 Å². The SMILES string of the molecule is O=C(CC1CC1)c1ccc2c(=O)n(C(CC3CCCCC3)C(=O)Cc3ncc(Cl)s3)c(=O)[nH]c2c1. The van der Waals surface area contributed by atoms with Gasteiger partial charge >= 0.3 is 5.69 Å². The molecule has 2 fully saturated rings. The number of carbonyl (C=O) groups is 2. The molecule has 3 aromatic rings. The van der Waals surface area contributed by atoms with E-state index in [0.29, 0.717) is 44.6 Å². The number of Topliss-reactive ketones (excluding diaryl/α,β-unsaturated/α-hetero) is 2. The third-order valence-corrected chi connectivity index (χ3v) is 8.35. The fourth-order valence-electron chi connectivity index (χ4n) is 5.15. The van der Waals surface area contributed by atoms with Crippen LogP contribution in [0.2, 0.25) is 4.34 Å². The summed E-state index contributed by atoms with van der Waals surface area (Å²) in [6.07, 6.45) is 9.94. The summed E-state index contributed by atoms with van der Waals surface area (Å²) in [5.74, 6) is 0.531. The normalized spacial score (nSPS) is 17.5. The molecule has 0 spiro atoms. The van der Waals surface area contributed by atoms with Crippen LogP contribution in [-0.2, 0) is 11.2 Å². The molecule has 0 amide bonds. The quantitative estimate of drug-likeness (QED) is 0.401. The average Bonchev–Trinajstić information content (AvgIpc) is 3.57. The topological polar surface area (TPSA) is 102 Å². The molecule has 0 saturated heterocycles. The van der Waals surface area contributed by atoms with Crippen LogP contribution in [0.25, 0.3) is 10.9 Å². The molecule has 1 unspecified atom stereocenters. The van der Waals surface area contributed by atoms with E-state index in [1.165, 1.54) is 24.0 Å². The second-order valence-corrected chi connectivity index (χ2v) is 11.6. The molecule has 7 nitrogen and oxygen atoms in total. The molecule has 0 aliphatic heterocycles. The summed E-state index contributed by atoms with van der Waals surface area (Å²) in [7, 11) is 0. The minimum atomic E-state index is -0.877. The van der Waals surface area contributed by atoms with Crippen molar-refractivity contribution in [3.63, 3.8) is 0 Å². The van der Waals surface area contributed by atoms with Crippen LogP contribution < -0.4 is 11.2 Å². The van der Waals surface area contributed by atoms with Gasteiger partial charge in [-0.15, -0.1) is 11.3 Å². The predicted molar refractivity (Wildman–Crippen MR) is 137 cm³/mol. The molecule has 1 aromatic carbocycles. The van der Waals surface area contributed by atoms with E-state index in [1.807, 2.05) is 0 Å². The molecule has 0 bridgehead atoms. The summed E-state index contributed by atoms with van der Waals surface area (Å²) in [5.41, 5.74) is -0.307. The van der Waals surface area contributed by atoms with Crippen molar-refractivity contribution in [1.82, 2.24) is 14.5 Å². The van der Waals surface area contributed by atoms with Crippen LogP contribution in [0, 0.1) is 11.8 Å². The fraction of sp³-hybridized carbons (Fsp3) is 0.500. The van der Waals surface area contributed by atoms with Gasteiger partial charge in [0.05, 0.1) is 23.5 Å². The van der Waals surface area contributed by atoms with Crippen molar-refractivity contribution >= 4 is 45.4 Å². The van der Waals surface area contributed by atoms with Crippen molar-refractivity contribution in [3.05, 3.63) is 60.1 Å². The molecular weight excluding hydrogens is 486 g/mol. The summed E-state index contributed by atoms with van der Waals surface area (Å²) in [5, 5.41) is 0.865. The van der Waals surface area contributed by atoms with E-state index < -0.39 is 17.3 Å². The summed E-state index contributed by atoms with van der Waals surface area (Å²) in [6.45, 7) is 0. The largest absolute Gasteiger partial charge is 0.329 e. The predicted octanol–water partition coefficient (Wildman–Crippen LogP) is 5.11. The Labute approximate surface area is 211 Å². The molecule has 35 heavy (non-hydrogen) atoms. The Morgan fingerprint density at radius 3 is 2.57 bits per heavy atom. The second-order valence-electron chi connectivity index (χ2n) is 9.89. The first-order valence-electron chi connectivity index (χ1n) is 12.3. The molecular formula is C26H28ClN3O4S. The third-order valence-electron chi connectivity index (χ3n) is 7.24. The lowest BCUT2D eigenvalue weighted by Crippen LogP contribution is -2.42. The molecule has 2 aromatic heterocycles. The van der Waals surface area contributed by atoms with Gasteiger partial charge in [0.15, 0.2) is 11.6 Å². The van der Waals surface area contributed by atoms with Crippen LogP contribution in [-0.4, -0.2) is 26.1 Å². The van der Waals surface area contributed by atoms with E-state index >= 15 is 0 Å². The van der Waals surface area contributed by atoms with Crippen LogP contribution >= 0.6 is 22.9 Å². The Hall–Kier alpha value is -2.58. The maximum absolute atomic E-state index is 13.5. The van der Waals surface area contributed by atoms with Crippen molar-refractivity contribution < 1.29 is 9.59 Å². The molecule has 2 heterocycles. The number of H-pyrrole nitrogens is 1. The number of ketones is 2. The van der Waals surface area contributed by atoms with Crippen molar-refractivity contribution in [2.75, 3.05) is 0 Å². The summed E-state index contributed by atoms with van der Waals surface area (Å²) in [6, 6.07) is 3.94. The summed E-state index contributed by atoms with van der Waals surface area (Å²) < 4.78 is 1.57. The number of aromatic amines is 1. The molecule has 0 radical (unpaired) electrons. The molecule has 1 atom stereocenters. The van der Waals surface area contributed by atoms with E-state index in [9.17, 15) is 19.2 Å². The fourth-order valence-corrected chi connectivity index (χ4v) is 6.11. The van der Waals surface area contributed by atoms with Crippen LogP contribution in [0.15, 0.2) is 34.0 Å². The van der Waals surface area contributed by atoms with Crippen molar-refractivity contribution in [2.45, 2.75) is 70.3 Å². The monoisotopic (exact) mass is 513 g/mol. The average molecular weight is 514 g/mol. The molecule has 1 N–H and O–H groups in total. The first kappa shape index (κ1) is 24.1. The van der Waals surface area contributed by atoms with Gasteiger partial charge in [-0.1, -0.05) is 49.8 Å². The molecule has 5 rings (SSSR count). The van der Waals surface area contributed by atoms with Gasteiger partial charge in [0.2, 0.25) is 0 Å². The first-order valence-corrected chi connectivity index (χ1v) is 13.5. The number of nitrogens with one attached hydrogen (secondary N) is 1. The number of hydrogen-bond acceptors (Lipinski definition) is 6. The van der Waals surface area contributed by atoms with Gasteiger partial charge < -0.3 is 4.98 Å². The molecule has 2 aliphatic rings. The van der Waals surface area contributed by atoms with E-state index in [2.05, 4.69) is 9.97 Å². The Balaban J connectivity index is 1.51. The molecule has 9 heteroatoms. The number of carbonyl (C=O) groups excluding carboxylic acids is 2. The lowest BCUT2D eigenvalue weighted by atomic mass is 9.83. The van der Waals surface area contributed by atoms with Gasteiger partial charge in [0, 0.05) is 12.0 Å². The number of fused-ring (bicyclic) bond motifs is 1. The number of aromatic nitrogens is 3. The molecule has 184 valence electrons. The zero-order valence-corrected chi connectivity index (χ0v) is 21.0. The number of thiazole rings is 1. The Morgan fingerprint density at radius 2 is 1.89 bits per heavy atom. The number of nitrogens with zero attached hydrogens (tertiary/aromatic N) is 2. The Kier molecular flexibility index (Phi) is 7.02. The highest BCUT2D eigenvalue weighted by atomic mass is 35.5. The lowest BCUT2D eigenvalue weighted by molar-refractivity contribution is -0.122. The van der Waals surface area contributed by atoms with E-state index in [0.717, 1.165) is 43.1 Å². The number of rotatable bonds is 9. The Bertz CT molecular complexity index is 1380.